The first-order chi connectivity index (χ1) is 15.3. The lowest BCUT2D eigenvalue weighted by atomic mass is 10.1. The van der Waals surface area contributed by atoms with Crippen molar-refractivity contribution in [1.29, 1.82) is 0 Å². The van der Waals surface area contributed by atoms with Crippen LogP contribution in [0.15, 0.2) is 115 Å². The smallest absolute Gasteiger partial charge is 0.185 e. The van der Waals surface area contributed by atoms with Crippen molar-refractivity contribution >= 4 is 33.7 Å². The molecule has 0 unspecified atom stereocenters. The Balaban J connectivity index is 0.000000149. The van der Waals surface area contributed by atoms with Crippen LogP contribution in [0.2, 0.25) is 0 Å². The number of rotatable bonds is 4. The summed E-state index contributed by atoms with van der Waals surface area (Å²) in [4.78, 5) is 11.7. The van der Waals surface area contributed by atoms with Crippen molar-refractivity contribution in [2.45, 2.75) is 13.5 Å². The highest BCUT2D eigenvalue weighted by atomic mass is 16.1. The normalized spacial score (nSPS) is 10.9. The molecular formula is C29H25NO. The zero-order chi connectivity index (χ0) is 21.5. The highest BCUT2D eigenvalue weighted by Crippen LogP contribution is 2.28. The lowest BCUT2D eigenvalue weighted by Crippen LogP contribution is -1.92. The molecule has 1 aromatic heterocycles. The molecule has 0 saturated heterocycles. The molecular weight excluding hydrogens is 378 g/mol. The van der Waals surface area contributed by atoms with Gasteiger partial charge in [-0.2, -0.15) is 0 Å². The maximum absolute atomic E-state index is 11.7. The molecule has 0 aliphatic carbocycles. The number of ketones is 1. The fourth-order valence-electron chi connectivity index (χ4n) is 3.78. The quantitative estimate of drug-likeness (QED) is 0.226. The minimum Gasteiger partial charge on any atom is -0.341 e. The standard InChI is InChI=1S/C15H12O.C14H13N/c16-15(14-9-5-2-6-10-14)12-11-13-7-3-1-4-8-13;1-2-15-13-9-5-3-7-11(13)12-8-4-6-10-14(12)15/h1-12H;3-10H,2H2,1H3. The summed E-state index contributed by atoms with van der Waals surface area (Å²) in [5.41, 5.74) is 4.42. The summed E-state index contributed by atoms with van der Waals surface area (Å²) >= 11 is 0. The number of hydrogen-bond acceptors (Lipinski definition) is 1. The van der Waals surface area contributed by atoms with Gasteiger partial charge in [-0.1, -0.05) is 103 Å². The zero-order valence-electron chi connectivity index (χ0n) is 17.6. The van der Waals surface area contributed by atoms with E-state index in [2.05, 4.69) is 60.0 Å². The number of allylic oxidation sites excluding steroid dienone is 1. The molecule has 152 valence electrons. The fraction of sp³-hybridized carbons (Fsp3) is 0.0690. The van der Waals surface area contributed by atoms with Crippen molar-refractivity contribution in [3.8, 4) is 0 Å². The van der Waals surface area contributed by atoms with Crippen LogP contribution in [-0.2, 0) is 6.54 Å². The minimum absolute atomic E-state index is 0.0319. The predicted molar refractivity (Wildman–Crippen MR) is 131 cm³/mol. The summed E-state index contributed by atoms with van der Waals surface area (Å²) in [7, 11) is 0. The molecule has 2 nitrogen and oxygen atoms in total. The zero-order valence-corrected chi connectivity index (χ0v) is 17.6. The molecule has 31 heavy (non-hydrogen) atoms. The fourth-order valence-corrected chi connectivity index (χ4v) is 3.78. The van der Waals surface area contributed by atoms with Gasteiger partial charge in [-0.05, 0) is 30.7 Å². The number of hydrogen-bond donors (Lipinski definition) is 0. The van der Waals surface area contributed by atoms with Gasteiger partial charge in [-0.3, -0.25) is 4.79 Å². The highest BCUT2D eigenvalue weighted by molar-refractivity contribution is 6.08. The molecule has 0 spiro atoms. The third-order valence-electron chi connectivity index (χ3n) is 5.28. The molecule has 0 aliphatic rings. The van der Waals surface area contributed by atoms with Gasteiger partial charge in [0, 0.05) is 33.9 Å². The first kappa shape index (κ1) is 20.4. The van der Waals surface area contributed by atoms with Crippen LogP contribution in [-0.4, -0.2) is 10.4 Å². The molecule has 4 aromatic carbocycles. The van der Waals surface area contributed by atoms with E-state index in [-0.39, 0.29) is 5.78 Å². The number of carbonyl (C=O) groups excluding carboxylic acids is 1. The number of aromatic nitrogens is 1. The van der Waals surface area contributed by atoms with Crippen LogP contribution in [0.25, 0.3) is 27.9 Å². The Morgan fingerprint density at radius 1 is 0.677 bits per heavy atom. The Hall–Kier alpha value is -3.91. The Morgan fingerprint density at radius 2 is 1.16 bits per heavy atom. The first-order valence-electron chi connectivity index (χ1n) is 10.6. The van der Waals surface area contributed by atoms with Gasteiger partial charge in [-0.25, -0.2) is 0 Å². The summed E-state index contributed by atoms with van der Waals surface area (Å²) in [5.74, 6) is 0.0319. The van der Waals surface area contributed by atoms with Crippen LogP contribution in [0.4, 0.5) is 0 Å². The third kappa shape index (κ3) is 4.65. The van der Waals surface area contributed by atoms with Gasteiger partial charge in [0.15, 0.2) is 5.78 Å². The maximum Gasteiger partial charge on any atom is 0.185 e. The Morgan fingerprint density at radius 3 is 1.71 bits per heavy atom. The number of fused-ring (bicyclic) bond motifs is 3. The lowest BCUT2D eigenvalue weighted by molar-refractivity contribution is 0.104. The van der Waals surface area contributed by atoms with E-state index < -0.39 is 0 Å². The monoisotopic (exact) mass is 403 g/mol. The number of benzene rings is 4. The second-order valence-corrected chi connectivity index (χ2v) is 7.25. The van der Waals surface area contributed by atoms with E-state index >= 15 is 0 Å². The van der Waals surface area contributed by atoms with Crippen molar-refractivity contribution < 1.29 is 4.79 Å². The van der Waals surface area contributed by atoms with E-state index in [0.29, 0.717) is 0 Å². The average molecular weight is 404 g/mol. The van der Waals surface area contributed by atoms with Crippen LogP contribution in [0.1, 0.15) is 22.8 Å². The Bertz CT molecular complexity index is 1260. The Labute approximate surface area is 183 Å². The van der Waals surface area contributed by atoms with E-state index in [4.69, 9.17) is 0 Å². The van der Waals surface area contributed by atoms with Gasteiger partial charge in [0.05, 0.1) is 0 Å². The molecule has 0 radical (unpaired) electrons. The van der Waals surface area contributed by atoms with E-state index in [0.717, 1.165) is 17.7 Å². The van der Waals surface area contributed by atoms with Crippen LogP contribution >= 0.6 is 0 Å². The molecule has 0 aliphatic heterocycles. The number of nitrogens with zero attached hydrogens (tertiary/aromatic N) is 1. The third-order valence-corrected chi connectivity index (χ3v) is 5.28. The van der Waals surface area contributed by atoms with Gasteiger partial charge >= 0.3 is 0 Å². The molecule has 0 saturated carbocycles. The van der Waals surface area contributed by atoms with Crippen molar-refractivity contribution in [1.82, 2.24) is 4.57 Å². The number of carbonyl (C=O) groups is 1. The van der Waals surface area contributed by atoms with E-state index in [1.807, 2.05) is 66.7 Å². The molecule has 0 fully saturated rings. The molecule has 5 rings (SSSR count). The van der Waals surface area contributed by atoms with Crippen molar-refractivity contribution in [3.63, 3.8) is 0 Å². The molecule has 0 bridgehead atoms. The molecule has 1 heterocycles. The van der Waals surface area contributed by atoms with Crippen molar-refractivity contribution in [3.05, 3.63) is 126 Å². The SMILES string of the molecule is CCn1c2ccccc2c2ccccc21.O=C(C=Cc1ccccc1)c1ccccc1. The maximum atomic E-state index is 11.7. The predicted octanol–water partition coefficient (Wildman–Crippen LogP) is 7.40. The number of para-hydroxylation sites is 2. The van der Waals surface area contributed by atoms with Gasteiger partial charge in [0.2, 0.25) is 0 Å². The lowest BCUT2D eigenvalue weighted by Gasteiger charge is -2.01. The summed E-state index contributed by atoms with van der Waals surface area (Å²) < 4.78 is 2.37. The van der Waals surface area contributed by atoms with E-state index in [1.165, 1.54) is 21.8 Å². The van der Waals surface area contributed by atoms with Crippen molar-refractivity contribution in [2.75, 3.05) is 0 Å². The second kappa shape index (κ2) is 9.73. The topological polar surface area (TPSA) is 22.0 Å². The number of aryl methyl sites for hydroxylation is 1. The van der Waals surface area contributed by atoms with Crippen LogP contribution in [0, 0.1) is 0 Å². The molecule has 0 N–H and O–H groups in total. The Kier molecular flexibility index (Phi) is 6.39. The minimum atomic E-state index is 0.0319. The molecule has 0 amide bonds. The second-order valence-electron chi connectivity index (χ2n) is 7.25. The summed E-state index contributed by atoms with van der Waals surface area (Å²) in [5, 5.41) is 2.71. The van der Waals surface area contributed by atoms with Crippen molar-refractivity contribution in [2.24, 2.45) is 0 Å². The summed E-state index contributed by atoms with van der Waals surface area (Å²) in [6.45, 7) is 3.22. The van der Waals surface area contributed by atoms with Crippen LogP contribution in [0.5, 0.6) is 0 Å². The van der Waals surface area contributed by atoms with E-state index in [9.17, 15) is 4.79 Å². The van der Waals surface area contributed by atoms with Gasteiger partial charge in [-0.15, -0.1) is 0 Å². The first-order valence-corrected chi connectivity index (χ1v) is 10.6. The van der Waals surface area contributed by atoms with Crippen LogP contribution < -0.4 is 0 Å². The van der Waals surface area contributed by atoms with E-state index in [1.54, 1.807) is 6.08 Å². The largest absolute Gasteiger partial charge is 0.341 e. The molecule has 5 aromatic rings. The highest BCUT2D eigenvalue weighted by Gasteiger charge is 2.06. The van der Waals surface area contributed by atoms with Crippen LogP contribution in [0.3, 0.4) is 0 Å². The van der Waals surface area contributed by atoms with Gasteiger partial charge in [0.1, 0.15) is 0 Å². The van der Waals surface area contributed by atoms with Gasteiger partial charge in [0.25, 0.3) is 0 Å². The average Bonchev–Trinajstić information content (AvgIpc) is 3.18. The molecule has 2 heteroatoms. The summed E-state index contributed by atoms with van der Waals surface area (Å²) in [6.07, 6.45) is 3.43. The molecule has 0 atom stereocenters. The summed E-state index contributed by atoms with van der Waals surface area (Å²) in [6, 6.07) is 36.3. The van der Waals surface area contributed by atoms with Gasteiger partial charge < -0.3 is 4.57 Å².